The summed E-state index contributed by atoms with van der Waals surface area (Å²) in [5.41, 5.74) is 7.41. The highest BCUT2D eigenvalue weighted by molar-refractivity contribution is 6.16. The van der Waals surface area contributed by atoms with Crippen molar-refractivity contribution in [1.82, 2.24) is 14.5 Å². The molecule has 0 bridgehead atoms. The Balaban J connectivity index is 1.22. The lowest BCUT2D eigenvalue weighted by Gasteiger charge is -2.14. The van der Waals surface area contributed by atoms with Crippen LogP contribution in [-0.4, -0.2) is 14.5 Å². The lowest BCUT2D eigenvalue weighted by Crippen LogP contribution is -1.98. The minimum atomic E-state index is 0.712. The van der Waals surface area contributed by atoms with Crippen LogP contribution in [0.25, 0.3) is 93.4 Å². The molecule has 2 aromatic heterocycles. The van der Waals surface area contributed by atoms with Gasteiger partial charge in [0.05, 0.1) is 22.2 Å². The Kier molecular flexibility index (Phi) is 5.57. The van der Waals surface area contributed by atoms with Gasteiger partial charge in [-0.05, 0) is 74.8 Å². The van der Waals surface area contributed by atoms with E-state index in [9.17, 15) is 0 Å². The van der Waals surface area contributed by atoms with Crippen LogP contribution in [0.15, 0.2) is 164 Å². The first-order chi connectivity index (χ1) is 23.3. The number of para-hydroxylation sites is 2. The van der Waals surface area contributed by atoms with Crippen molar-refractivity contribution in [3.8, 4) is 28.3 Å². The Labute approximate surface area is 271 Å². The molecule has 10 aromatic rings. The standard InChI is InChI=1S/C44H27N3/c1-2-13-29-27-42-38(25-28(29)12-1)36-20-8-10-23-41(36)47(42)32-16-11-15-31(24-32)44-45-40-22-9-7-21-37(40)43(46-44)39-26-30-14-3-4-17-33(30)34-18-5-6-19-35(34)39/h1-27H. The molecule has 0 amide bonds. The van der Waals surface area contributed by atoms with Gasteiger partial charge in [-0.1, -0.05) is 121 Å². The molecule has 0 radical (unpaired) electrons. The fourth-order valence-electron chi connectivity index (χ4n) is 7.38. The van der Waals surface area contributed by atoms with Crippen molar-refractivity contribution >= 4 is 65.0 Å². The quantitative estimate of drug-likeness (QED) is 0.190. The molecule has 3 heteroatoms. The molecule has 218 valence electrons. The number of benzene rings is 8. The largest absolute Gasteiger partial charge is 0.309 e. The fraction of sp³-hybridized carbons (Fsp3) is 0. The molecule has 3 nitrogen and oxygen atoms in total. The molecule has 0 fully saturated rings. The van der Waals surface area contributed by atoms with Gasteiger partial charge in [0.1, 0.15) is 0 Å². The highest BCUT2D eigenvalue weighted by Crippen LogP contribution is 2.39. The smallest absolute Gasteiger partial charge is 0.160 e. The van der Waals surface area contributed by atoms with E-state index >= 15 is 0 Å². The van der Waals surface area contributed by atoms with Gasteiger partial charge in [0.15, 0.2) is 5.82 Å². The van der Waals surface area contributed by atoms with Crippen molar-refractivity contribution in [3.63, 3.8) is 0 Å². The van der Waals surface area contributed by atoms with E-state index in [0.717, 1.165) is 33.4 Å². The molecular weight excluding hydrogens is 571 g/mol. The third-order valence-corrected chi connectivity index (χ3v) is 9.53. The normalized spacial score (nSPS) is 11.8. The van der Waals surface area contributed by atoms with Crippen LogP contribution in [0.3, 0.4) is 0 Å². The fourth-order valence-corrected chi connectivity index (χ4v) is 7.38. The molecule has 0 N–H and O–H groups in total. The molecule has 0 unspecified atom stereocenters. The summed E-state index contributed by atoms with van der Waals surface area (Å²) in [5, 5.41) is 10.9. The maximum Gasteiger partial charge on any atom is 0.160 e. The van der Waals surface area contributed by atoms with Gasteiger partial charge >= 0.3 is 0 Å². The van der Waals surface area contributed by atoms with Crippen LogP contribution in [0, 0.1) is 0 Å². The zero-order chi connectivity index (χ0) is 30.9. The van der Waals surface area contributed by atoms with Gasteiger partial charge in [-0.25, -0.2) is 9.97 Å². The number of aromatic nitrogens is 3. The third-order valence-electron chi connectivity index (χ3n) is 9.53. The Morgan fingerprint density at radius 3 is 1.89 bits per heavy atom. The summed E-state index contributed by atoms with van der Waals surface area (Å²) >= 11 is 0. The first-order valence-electron chi connectivity index (χ1n) is 16.0. The average Bonchev–Trinajstić information content (AvgIpc) is 3.46. The summed E-state index contributed by atoms with van der Waals surface area (Å²) in [7, 11) is 0. The number of fused-ring (bicyclic) bond motifs is 8. The second kappa shape index (κ2) is 10.1. The molecule has 0 spiro atoms. The summed E-state index contributed by atoms with van der Waals surface area (Å²) in [6.45, 7) is 0. The first-order valence-corrected chi connectivity index (χ1v) is 16.0. The maximum absolute atomic E-state index is 5.37. The highest BCUT2D eigenvalue weighted by atomic mass is 15.0. The summed E-state index contributed by atoms with van der Waals surface area (Å²) < 4.78 is 2.37. The number of nitrogens with zero attached hydrogens (tertiary/aromatic N) is 3. The van der Waals surface area contributed by atoms with Crippen molar-refractivity contribution in [3.05, 3.63) is 164 Å². The van der Waals surface area contributed by atoms with E-state index in [2.05, 4.69) is 168 Å². The van der Waals surface area contributed by atoms with Crippen molar-refractivity contribution < 1.29 is 0 Å². The Morgan fingerprint density at radius 1 is 0.383 bits per heavy atom. The van der Waals surface area contributed by atoms with E-state index in [0.29, 0.717) is 5.82 Å². The van der Waals surface area contributed by atoms with Gasteiger partial charge in [0.25, 0.3) is 0 Å². The van der Waals surface area contributed by atoms with Gasteiger partial charge in [-0.3, -0.25) is 0 Å². The summed E-state index contributed by atoms with van der Waals surface area (Å²) in [4.78, 5) is 10.5. The Bertz CT molecular complexity index is 2860. The SMILES string of the molecule is c1cc(-c2nc(-c3cc4ccccc4c4ccccc34)c3ccccc3n2)cc(-n2c3ccccc3c3cc4ccccc4cc32)c1. The number of hydrogen-bond donors (Lipinski definition) is 0. The molecule has 0 aliphatic heterocycles. The topological polar surface area (TPSA) is 30.7 Å². The average molecular weight is 598 g/mol. The molecule has 0 saturated heterocycles. The molecule has 0 atom stereocenters. The second-order valence-corrected chi connectivity index (χ2v) is 12.2. The molecule has 2 heterocycles. The van der Waals surface area contributed by atoms with E-state index in [-0.39, 0.29) is 0 Å². The first kappa shape index (κ1) is 26.0. The number of rotatable bonds is 3. The monoisotopic (exact) mass is 597 g/mol. The molecule has 8 aromatic carbocycles. The zero-order valence-electron chi connectivity index (χ0n) is 25.4. The van der Waals surface area contributed by atoms with Crippen LogP contribution in [0.4, 0.5) is 0 Å². The van der Waals surface area contributed by atoms with Gasteiger partial charge in [-0.2, -0.15) is 0 Å². The second-order valence-electron chi connectivity index (χ2n) is 12.2. The minimum absolute atomic E-state index is 0.712. The van der Waals surface area contributed by atoms with E-state index in [1.54, 1.807) is 0 Å². The van der Waals surface area contributed by atoms with Crippen LogP contribution in [0.5, 0.6) is 0 Å². The van der Waals surface area contributed by atoms with Gasteiger partial charge in [0, 0.05) is 33.0 Å². The molecule has 47 heavy (non-hydrogen) atoms. The van der Waals surface area contributed by atoms with E-state index in [1.807, 2.05) is 0 Å². The number of hydrogen-bond acceptors (Lipinski definition) is 2. The maximum atomic E-state index is 5.37. The lowest BCUT2D eigenvalue weighted by atomic mass is 9.94. The third kappa shape index (κ3) is 4.00. The molecule has 0 aliphatic rings. The van der Waals surface area contributed by atoms with Crippen molar-refractivity contribution in [2.45, 2.75) is 0 Å². The minimum Gasteiger partial charge on any atom is -0.309 e. The summed E-state index contributed by atoms with van der Waals surface area (Å²) in [5.74, 6) is 0.712. The van der Waals surface area contributed by atoms with Crippen LogP contribution in [0.1, 0.15) is 0 Å². The highest BCUT2D eigenvalue weighted by Gasteiger charge is 2.17. The predicted octanol–water partition coefficient (Wildman–Crippen LogP) is 11.5. The van der Waals surface area contributed by atoms with Crippen LogP contribution in [-0.2, 0) is 0 Å². The van der Waals surface area contributed by atoms with Gasteiger partial charge < -0.3 is 4.57 Å². The Morgan fingerprint density at radius 2 is 1.04 bits per heavy atom. The summed E-state index contributed by atoms with van der Waals surface area (Å²) in [6.07, 6.45) is 0. The van der Waals surface area contributed by atoms with Gasteiger partial charge in [0.2, 0.25) is 0 Å². The van der Waals surface area contributed by atoms with Crippen LogP contribution < -0.4 is 0 Å². The van der Waals surface area contributed by atoms with Crippen molar-refractivity contribution in [1.29, 1.82) is 0 Å². The summed E-state index contributed by atoms with van der Waals surface area (Å²) in [6, 6.07) is 58.5. The molecule has 10 rings (SSSR count). The van der Waals surface area contributed by atoms with E-state index in [4.69, 9.17) is 9.97 Å². The zero-order valence-corrected chi connectivity index (χ0v) is 25.4. The van der Waals surface area contributed by atoms with E-state index < -0.39 is 0 Å². The molecule has 0 aliphatic carbocycles. The predicted molar refractivity (Wildman–Crippen MR) is 197 cm³/mol. The van der Waals surface area contributed by atoms with Gasteiger partial charge in [-0.15, -0.1) is 0 Å². The van der Waals surface area contributed by atoms with Crippen molar-refractivity contribution in [2.75, 3.05) is 0 Å². The van der Waals surface area contributed by atoms with Crippen molar-refractivity contribution in [2.24, 2.45) is 0 Å². The molecular formula is C44H27N3. The van der Waals surface area contributed by atoms with E-state index in [1.165, 1.54) is 54.1 Å². The molecule has 0 saturated carbocycles. The lowest BCUT2D eigenvalue weighted by molar-refractivity contribution is 1.17. The Hall–Kier alpha value is -6.32. The van der Waals surface area contributed by atoms with Crippen LogP contribution >= 0.6 is 0 Å². The van der Waals surface area contributed by atoms with Crippen LogP contribution in [0.2, 0.25) is 0 Å².